The average Bonchev–Trinajstić information content (AvgIpc) is 2.61. The van der Waals surface area contributed by atoms with E-state index in [4.69, 9.17) is 0 Å². The van der Waals surface area contributed by atoms with Crippen molar-refractivity contribution in [3.8, 4) is 0 Å². The second-order valence-electron chi connectivity index (χ2n) is 5.83. The fraction of sp³-hybridized carbons (Fsp3) is 0.929. The SMILES string of the molecule is CC1CCCN(C(=O)CN2CCCNCC2)C1C. The molecule has 1 amide bonds. The molecule has 0 aromatic carbocycles. The van der Waals surface area contributed by atoms with Gasteiger partial charge in [-0.1, -0.05) is 6.92 Å². The fourth-order valence-electron chi connectivity index (χ4n) is 3.03. The van der Waals surface area contributed by atoms with Crippen LogP contribution in [-0.4, -0.2) is 61.0 Å². The van der Waals surface area contributed by atoms with Crippen molar-refractivity contribution in [2.45, 2.75) is 39.2 Å². The summed E-state index contributed by atoms with van der Waals surface area (Å²) in [4.78, 5) is 16.8. The highest BCUT2D eigenvalue weighted by Gasteiger charge is 2.29. The molecule has 104 valence electrons. The number of hydrogen-bond donors (Lipinski definition) is 1. The number of likely N-dealkylation sites (tertiary alicyclic amines) is 1. The third-order valence-corrected chi connectivity index (χ3v) is 4.49. The van der Waals surface area contributed by atoms with Gasteiger partial charge in [-0.3, -0.25) is 9.69 Å². The van der Waals surface area contributed by atoms with E-state index in [2.05, 4.69) is 29.0 Å². The first-order valence-corrected chi connectivity index (χ1v) is 7.41. The summed E-state index contributed by atoms with van der Waals surface area (Å²) in [5.41, 5.74) is 0. The van der Waals surface area contributed by atoms with Crippen LogP contribution in [0.15, 0.2) is 0 Å². The summed E-state index contributed by atoms with van der Waals surface area (Å²) in [6.45, 7) is 10.2. The Balaban J connectivity index is 1.86. The van der Waals surface area contributed by atoms with E-state index in [9.17, 15) is 4.79 Å². The number of piperidine rings is 1. The molecule has 2 atom stereocenters. The van der Waals surface area contributed by atoms with Gasteiger partial charge in [-0.25, -0.2) is 0 Å². The van der Waals surface area contributed by atoms with Crippen LogP contribution in [0.25, 0.3) is 0 Å². The second kappa shape index (κ2) is 6.53. The lowest BCUT2D eigenvalue weighted by Crippen LogP contribution is -2.50. The van der Waals surface area contributed by atoms with Crippen LogP contribution >= 0.6 is 0 Å². The monoisotopic (exact) mass is 253 g/mol. The molecule has 2 aliphatic rings. The van der Waals surface area contributed by atoms with E-state index in [1.165, 1.54) is 12.8 Å². The molecule has 0 bridgehead atoms. The standard InChI is InChI=1S/C14H27N3O/c1-12-5-3-9-17(13(12)2)14(18)11-16-8-4-6-15-7-10-16/h12-13,15H,3-11H2,1-2H3. The number of carbonyl (C=O) groups is 1. The van der Waals surface area contributed by atoms with Gasteiger partial charge in [0.1, 0.15) is 0 Å². The second-order valence-corrected chi connectivity index (χ2v) is 5.83. The molecule has 4 nitrogen and oxygen atoms in total. The van der Waals surface area contributed by atoms with E-state index in [0.717, 1.165) is 39.1 Å². The molecule has 4 heteroatoms. The Morgan fingerprint density at radius 3 is 2.83 bits per heavy atom. The molecule has 0 radical (unpaired) electrons. The number of nitrogens with one attached hydrogen (secondary N) is 1. The van der Waals surface area contributed by atoms with Crippen LogP contribution in [-0.2, 0) is 4.79 Å². The summed E-state index contributed by atoms with van der Waals surface area (Å²) >= 11 is 0. The summed E-state index contributed by atoms with van der Waals surface area (Å²) in [6.07, 6.45) is 3.58. The largest absolute Gasteiger partial charge is 0.339 e. The van der Waals surface area contributed by atoms with Gasteiger partial charge in [-0.15, -0.1) is 0 Å². The van der Waals surface area contributed by atoms with Gasteiger partial charge < -0.3 is 10.2 Å². The quantitative estimate of drug-likeness (QED) is 0.795. The van der Waals surface area contributed by atoms with Crippen LogP contribution in [0.5, 0.6) is 0 Å². The minimum atomic E-state index is 0.330. The van der Waals surface area contributed by atoms with Gasteiger partial charge >= 0.3 is 0 Å². The molecule has 2 aliphatic heterocycles. The molecule has 2 heterocycles. The molecule has 0 spiro atoms. The fourth-order valence-corrected chi connectivity index (χ4v) is 3.03. The normalized spacial score (nSPS) is 31.1. The van der Waals surface area contributed by atoms with E-state index in [1.807, 2.05) is 0 Å². The van der Waals surface area contributed by atoms with Crippen LogP contribution < -0.4 is 5.32 Å². The minimum Gasteiger partial charge on any atom is -0.339 e. The summed E-state index contributed by atoms with van der Waals surface area (Å²) in [5.74, 6) is 0.976. The van der Waals surface area contributed by atoms with Gasteiger partial charge in [-0.2, -0.15) is 0 Å². The predicted octanol–water partition coefficient (Wildman–Crippen LogP) is 0.929. The van der Waals surface area contributed by atoms with E-state index >= 15 is 0 Å². The van der Waals surface area contributed by atoms with Gasteiger partial charge in [0.2, 0.25) is 5.91 Å². The van der Waals surface area contributed by atoms with Crippen molar-refractivity contribution < 1.29 is 4.79 Å². The molecule has 18 heavy (non-hydrogen) atoms. The Morgan fingerprint density at radius 1 is 1.17 bits per heavy atom. The molecule has 0 aromatic heterocycles. The summed E-state index contributed by atoms with van der Waals surface area (Å²) < 4.78 is 0. The molecule has 2 unspecified atom stereocenters. The van der Waals surface area contributed by atoms with E-state index < -0.39 is 0 Å². The van der Waals surface area contributed by atoms with Crippen LogP contribution in [0.3, 0.4) is 0 Å². The van der Waals surface area contributed by atoms with E-state index in [1.54, 1.807) is 0 Å². The Hall–Kier alpha value is -0.610. The molecule has 2 rings (SSSR count). The minimum absolute atomic E-state index is 0.330. The number of carbonyl (C=O) groups excluding carboxylic acids is 1. The maximum Gasteiger partial charge on any atom is 0.236 e. The van der Waals surface area contributed by atoms with E-state index in [-0.39, 0.29) is 0 Å². The predicted molar refractivity (Wildman–Crippen MR) is 73.5 cm³/mol. The highest BCUT2D eigenvalue weighted by molar-refractivity contribution is 5.78. The zero-order valence-corrected chi connectivity index (χ0v) is 11.8. The van der Waals surface area contributed by atoms with Crippen molar-refractivity contribution in [2.75, 3.05) is 39.3 Å². The number of rotatable bonds is 2. The number of hydrogen-bond acceptors (Lipinski definition) is 3. The molecule has 0 aliphatic carbocycles. The third-order valence-electron chi connectivity index (χ3n) is 4.49. The summed E-state index contributed by atoms with van der Waals surface area (Å²) in [7, 11) is 0. The lowest BCUT2D eigenvalue weighted by molar-refractivity contribution is -0.136. The van der Waals surface area contributed by atoms with Crippen LogP contribution in [0.4, 0.5) is 0 Å². The smallest absolute Gasteiger partial charge is 0.236 e. The number of nitrogens with zero attached hydrogens (tertiary/aromatic N) is 2. The van der Waals surface area contributed by atoms with Crippen LogP contribution in [0, 0.1) is 5.92 Å². The first-order chi connectivity index (χ1) is 8.68. The number of amides is 1. The van der Waals surface area contributed by atoms with Gasteiger partial charge in [0.15, 0.2) is 0 Å². The highest BCUT2D eigenvalue weighted by Crippen LogP contribution is 2.22. The molecule has 2 saturated heterocycles. The van der Waals surface area contributed by atoms with Crippen molar-refractivity contribution in [1.29, 1.82) is 0 Å². The third kappa shape index (κ3) is 3.45. The first kappa shape index (κ1) is 13.8. The van der Waals surface area contributed by atoms with Crippen molar-refractivity contribution >= 4 is 5.91 Å². The van der Waals surface area contributed by atoms with Crippen molar-refractivity contribution in [3.05, 3.63) is 0 Å². The molecular formula is C14H27N3O. The molecular weight excluding hydrogens is 226 g/mol. The van der Waals surface area contributed by atoms with Gasteiger partial charge in [0.25, 0.3) is 0 Å². The van der Waals surface area contributed by atoms with Crippen LogP contribution in [0.1, 0.15) is 33.1 Å². The van der Waals surface area contributed by atoms with Gasteiger partial charge in [-0.05, 0) is 45.2 Å². The van der Waals surface area contributed by atoms with Gasteiger partial charge in [0, 0.05) is 25.7 Å². The average molecular weight is 253 g/mol. The Bertz CT molecular complexity index is 274. The Labute approximate surface area is 111 Å². The maximum atomic E-state index is 12.4. The molecule has 2 fully saturated rings. The highest BCUT2D eigenvalue weighted by atomic mass is 16.2. The topological polar surface area (TPSA) is 35.6 Å². The Morgan fingerprint density at radius 2 is 2.00 bits per heavy atom. The molecule has 0 saturated carbocycles. The Kier molecular flexibility index (Phi) is 5.01. The summed E-state index contributed by atoms with van der Waals surface area (Å²) in [6, 6.07) is 0.413. The lowest BCUT2D eigenvalue weighted by atomic mass is 9.92. The molecule has 0 aromatic rings. The van der Waals surface area contributed by atoms with Crippen molar-refractivity contribution in [1.82, 2.24) is 15.1 Å². The lowest BCUT2D eigenvalue weighted by Gasteiger charge is -2.39. The maximum absolute atomic E-state index is 12.4. The zero-order chi connectivity index (χ0) is 13.0. The van der Waals surface area contributed by atoms with Crippen LogP contribution in [0.2, 0.25) is 0 Å². The first-order valence-electron chi connectivity index (χ1n) is 7.41. The zero-order valence-electron chi connectivity index (χ0n) is 11.8. The summed E-state index contributed by atoms with van der Waals surface area (Å²) in [5, 5.41) is 3.38. The van der Waals surface area contributed by atoms with Gasteiger partial charge in [0.05, 0.1) is 6.54 Å². The van der Waals surface area contributed by atoms with Crippen molar-refractivity contribution in [2.24, 2.45) is 5.92 Å². The van der Waals surface area contributed by atoms with Crippen molar-refractivity contribution in [3.63, 3.8) is 0 Å². The molecule has 1 N–H and O–H groups in total. The van der Waals surface area contributed by atoms with E-state index in [0.29, 0.717) is 24.4 Å².